The monoisotopic (exact) mass is 352 g/mol. The van der Waals surface area contributed by atoms with Gasteiger partial charge in [-0.2, -0.15) is 0 Å². The van der Waals surface area contributed by atoms with Gasteiger partial charge in [-0.05, 0) is 38.5 Å². The average Bonchev–Trinajstić information content (AvgIpc) is 2.50. The summed E-state index contributed by atoms with van der Waals surface area (Å²) in [5, 5.41) is 14.3. The first kappa shape index (κ1) is 20.3. The minimum Gasteiger partial charge on any atom is -0.508 e. The van der Waals surface area contributed by atoms with Crippen molar-refractivity contribution >= 4 is 18.0 Å². The van der Waals surface area contributed by atoms with Crippen LogP contribution in [0.5, 0.6) is 5.75 Å². The normalized spacial score (nSPS) is 12.0. The Morgan fingerprint density at radius 2 is 1.92 bits per heavy atom. The lowest BCUT2D eigenvalue weighted by molar-refractivity contribution is -0.144. The zero-order valence-electron chi connectivity index (χ0n) is 14.8. The number of carbonyl (C=O) groups excluding carboxylic acids is 3. The summed E-state index contributed by atoms with van der Waals surface area (Å²) in [6, 6.07) is 5.38. The summed E-state index contributed by atoms with van der Waals surface area (Å²) in [5.41, 5.74) is -0.0273. The molecule has 138 valence electrons. The fourth-order valence-corrected chi connectivity index (χ4v) is 1.97. The Hall–Kier alpha value is -2.77. The van der Waals surface area contributed by atoms with Gasteiger partial charge in [0, 0.05) is 6.42 Å². The first-order valence-corrected chi connectivity index (χ1v) is 7.72. The predicted molar refractivity (Wildman–Crippen MR) is 90.0 cm³/mol. The van der Waals surface area contributed by atoms with E-state index in [9.17, 15) is 19.5 Å². The second-order valence-electron chi connectivity index (χ2n) is 6.37. The second kappa shape index (κ2) is 8.91. The summed E-state index contributed by atoms with van der Waals surface area (Å²) in [4.78, 5) is 35.3. The van der Waals surface area contributed by atoms with Crippen molar-refractivity contribution in [1.82, 2.24) is 10.6 Å². The number of phenols is 1. The summed E-state index contributed by atoms with van der Waals surface area (Å²) in [5.74, 6) is -1.14. The van der Waals surface area contributed by atoms with Crippen molar-refractivity contribution < 1.29 is 29.0 Å². The molecule has 0 aliphatic carbocycles. The van der Waals surface area contributed by atoms with Gasteiger partial charge in [-0.25, -0.2) is 9.59 Å². The summed E-state index contributed by atoms with van der Waals surface area (Å²) in [6.45, 7) is 4.77. The highest BCUT2D eigenvalue weighted by atomic mass is 16.6. The number of methoxy groups -OCH3 is 1. The first-order valence-electron chi connectivity index (χ1n) is 7.72. The molecule has 0 fully saturated rings. The lowest BCUT2D eigenvalue weighted by atomic mass is 10.1. The number of hydrogen-bond acceptors (Lipinski definition) is 6. The first-order chi connectivity index (χ1) is 11.6. The molecule has 0 bridgehead atoms. The number of phenolic OH excluding ortho intramolecular Hbond substituents is 1. The van der Waals surface area contributed by atoms with Gasteiger partial charge >= 0.3 is 12.1 Å². The molecule has 1 aromatic rings. The van der Waals surface area contributed by atoms with Crippen molar-refractivity contribution in [2.45, 2.75) is 38.8 Å². The van der Waals surface area contributed by atoms with Crippen LogP contribution in [0, 0.1) is 0 Å². The Balaban J connectivity index is 2.61. The van der Waals surface area contributed by atoms with Crippen LogP contribution in [0.3, 0.4) is 0 Å². The van der Waals surface area contributed by atoms with E-state index in [-0.39, 0.29) is 18.7 Å². The molecule has 8 nitrogen and oxygen atoms in total. The van der Waals surface area contributed by atoms with E-state index in [0.717, 1.165) is 0 Å². The predicted octanol–water partition coefficient (Wildman–Crippen LogP) is 1.12. The molecule has 0 aliphatic heterocycles. The fraction of sp³-hybridized carbons (Fsp3) is 0.471. The van der Waals surface area contributed by atoms with E-state index >= 15 is 0 Å². The molecular formula is C17H24N2O6. The third kappa shape index (κ3) is 8.05. The highest BCUT2D eigenvalue weighted by Gasteiger charge is 2.23. The Morgan fingerprint density at radius 3 is 2.48 bits per heavy atom. The number of rotatable bonds is 6. The maximum atomic E-state index is 12.0. The molecule has 0 saturated heterocycles. The third-order valence-electron chi connectivity index (χ3n) is 2.96. The largest absolute Gasteiger partial charge is 0.508 e. The summed E-state index contributed by atoms with van der Waals surface area (Å²) in [7, 11) is 1.21. The van der Waals surface area contributed by atoms with E-state index in [0.29, 0.717) is 5.56 Å². The molecule has 2 amide bonds. The molecular weight excluding hydrogens is 328 g/mol. The number of aromatic hydroxyl groups is 1. The molecule has 1 rings (SSSR count). The zero-order chi connectivity index (χ0) is 19.0. The summed E-state index contributed by atoms with van der Waals surface area (Å²) < 4.78 is 9.70. The molecule has 1 atom stereocenters. The molecule has 0 heterocycles. The van der Waals surface area contributed by atoms with Crippen molar-refractivity contribution in [3.63, 3.8) is 0 Å². The van der Waals surface area contributed by atoms with Crippen LogP contribution in [0.4, 0.5) is 4.79 Å². The van der Waals surface area contributed by atoms with Gasteiger partial charge in [0.2, 0.25) is 5.91 Å². The fourth-order valence-electron chi connectivity index (χ4n) is 1.97. The topological polar surface area (TPSA) is 114 Å². The second-order valence-corrected chi connectivity index (χ2v) is 6.37. The van der Waals surface area contributed by atoms with Gasteiger partial charge < -0.3 is 25.2 Å². The molecule has 0 saturated carbocycles. The molecule has 0 spiro atoms. The van der Waals surface area contributed by atoms with E-state index < -0.39 is 29.6 Å². The molecule has 1 unspecified atom stereocenters. The van der Waals surface area contributed by atoms with E-state index in [4.69, 9.17) is 4.74 Å². The van der Waals surface area contributed by atoms with Crippen molar-refractivity contribution in [3.05, 3.63) is 29.8 Å². The Bertz CT molecular complexity index is 624. The van der Waals surface area contributed by atoms with Crippen LogP contribution in [0.25, 0.3) is 0 Å². The van der Waals surface area contributed by atoms with Crippen molar-refractivity contribution in [1.29, 1.82) is 0 Å². The SMILES string of the molecule is COC(=O)C(Cc1cccc(O)c1)NC(=O)CNC(=O)OC(C)(C)C. The number of hydrogen-bond donors (Lipinski definition) is 3. The summed E-state index contributed by atoms with van der Waals surface area (Å²) >= 11 is 0. The van der Waals surface area contributed by atoms with Gasteiger partial charge in [0.15, 0.2) is 0 Å². The van der Waals surface area contributed by atoms with Crippen LogP contribution >= 0.6 is 0 Å². The Kier molecular flexibility index (Phi) is 7.22. The molecule has 25 heavy (non-hydrogen) atoms. The summed E-state index contributed by atoms with van der Waals surface area (Å²) in [6.07, 6.45) is -0.593. The number of nitrogens with one attached hydrogen (secondary N) is 2. The smallest absolute Gasteiger partial charge is 0.408 e. The third-order valence-corrected chi connectivity index (χ3v) is 2.96. The lowest BCUT2D eigenvalue weighted by Gasteiger charge is -2.20. The number of carbonyl (C=O) groups is 3. The molecule has 3 N–H and O–H groups in total. The Morgan fingerprint density at radius 1 is 1.24 bits per heavy atom. The highest BCUT2D eigenvalue weighted by molar-refractivity contribution is 5.87. The van der Waals surface area contributed by atoms with Crippen LogP contribution in [0.1, 0.15) is 26.3 Å². The van der Waals surface area contributed by atoms with E-state index in [1.807, 2.05) is 0 Å². The minimum absolute atomic E-state index is 0.0547. The van der Waals surface area contributed by atoms with Crippen molar-refractivity contribution in [2.75, 3.05) is 13.7 Å². The van der Waals surface area contributed by atoms with Gasteiger partial charge in [0.25, 0.3) is 0 Å². The van der Waals surface area contributed by atoms with Crippen LogP contribution in [0.2, 0.25) is 0 Å². The van der Waals surface area contributed by atoms with Crippen LogP contribution < -0.4 is 10.6 Å². The Labute approximate surface area is 146 Å². The standard InChI is InChI=1S/C17H24N2O6/c1-17(2,3)25-16(23)18-10-14(21)19-13(15(22)24-4)9-11-6-5-7-12(20)8-11/h5-8,13,20H,9-10H2,1-4H3,(H,18,23)(H,19,21). The molecule has 0 aromatic heterocycles. The van der Waals surface area contributed by atoms with Gasteiger partial charge in [0.05, 0.1) is 7.11 Å². The molecule has 0 radical (unpaired) electrons. The number of ether oxygens (including phenoxy) is 2. The minimum atomic E-state index is -0.945. The van der Waals surface area contributed by atoms with Crippen LogP contribution in [-0.2, 0) is 25.5 Å². The maximum absolute atomic E-state index is 12.0. The van der Waals surface area contributed by atoms with E-state index in [2.05, 4.69) is 15.4 Å². The number of amides is 2. The number of alkyl carbamates (subject to hydrolysis) is 1. The molecule has 8 heteroatoms. The van der Waals surface area contributed by atoms with Gasteiger partial charge in [-0.3, -0.25) is 4.79 Å². The quantitative estimate of drug-likeness (QED) is 0.661. The zero-order valence-corrected chi connectivity index (χ0v) is 14.8. The van der Waals surface area contributed by atoms with E-state index in [1.54, 1.807) is 32.9 Å². The average molecular weight is 352 g/mol. The lowest BCUT2D eigenvalue weighted by Crippen LogP contribution is -2.47. The van der Waals surface area contributed by atoms with Crippen LogP contribution in [-0.4, -0.2) is 48.4 Å². The van der Waals surface area contributed by atoms with Gasteiger partial charge in [0.1, 0.15) is 23.9 Å². The van der Waals surface area contributed by atoms with Crippen molar-refractivity contribution in [2.24, 2.45) is 0 Å². The maximum Gasteiger partial charge on any atom is 0.408 e. The van der Waals surface area contributed by atoms with Gasteiger partial charge in [-0.1, -0.05) is 12.1 Å². The molecule has 1 aromatic carbocycles. The van der Waals surface area contributed by atoms with E-state index in [1.165, 1.54) is 19.2 Å². The number of benzene rings is 1. The number of esters is 1. The van der Waals surface area contributed by atoms with Crippen LogP contribution in [0.15, 0.2) is 24.3 Å². The molecule has 0 aliphatic rings. The van der Waals surface area contributed by atoms with Crippen molar-refractivity contribution in [3.8, 4) is 5.75 Å². The van der Waals surface area contributed by atoms with Gasteiger partial charge in [-0.15, -0.1) is 0 Å². The highest BCUT2D eigenvalue weighted by Crippen LogP contribution is 2.13.